The van der Waals surface area contributed by atoms with E-state index >= 15 is 0 Å². The molecule has 182 valence electrons. The molecule has 1 N–H and O–H groups in total. The van der Waals surface area contributed by atoms with Gasteiger partial charge in [-0.2, -0.15) is 0 Å². The molecule has 35 heavy (non-hydrogen) atoms. The molecule has 0 bridgehead atoms. The molecule has 5 rings (SSSR count). The Hall–Kier alpha value is -3.88. The van der Waals surface area contributed by atoms with Crippen molar-refractivity contribution in [1.29, 1.82) is 0 Å². The Labute approximate surface area is 202 Å². The van der Waals surface area contributed by atoms with E-state index in [4.69, 9.17) is 14.2 Å². The zero-order chi connectivity index (χ0) is 24.4. The van der Waals surface area contributed by atoms with Crippen LogP contribution >= 0.6 is 0 Å². The maximum absolute atomic E-state index is 13.2. The molecule has 1 fully saturated rings. The van der Waals surface area contributed by atoms with E-state index in [2.05, 4.69) is 5.32 Å². The Morgan fingerprint density at radius 1 is 0.971 bits per heavy atom. The number of carbonyl (C=O) groups is 4. The fourth-order valence-corrected chi connectivity index (χ4v) is 4.98. The van der Waals surface area contributed by atoms with Gasteiger partial charge in [-0.25, -0.2) is 0 Å². The number of carbonyl (C=O) groups excluding carboxylic acids is 4. The minimum absolute atomic E-state index is 0.0639. The van der Waals surface area contributed by atoms with Crippen molar-refractivity contribution in [2.45, 2.75) is 44.1 Å². The Kier molecular flexibility index (Phi) is 6.15. The van der Waals surface area contributed by atoms with E-state index in [0.29, 0.717) is 54.5 Å². The molecule has 2 aliphatic heterocycles. The first-order chi connectivity index (χ1) is 17.0. The molecule has 2 heterocycles. The number of Topliss-reactive ketones (excluding diaryl/α,β-unsaturated/α-hetero) is 1. The molecule has 2 aromatic carbocycles. The summed E-state index contributed by atoms with van der Waals surface area (Å²) in [5.41, 5.74) is 0.604. The number of hydrogen-bond acceptors (Lipinski definition) is 7. The SMILES string of the molecule is O=C(CCC(=O)c1ccc2c(c1)OCCO2)OCC(=O)N1c2ccccc2NC(=O)C12CCCC2. The van der Waals surface area contributed by atoms with Crippen molar-refractivity contribution in [2.24, 2.45) is 0 Å². The highest BCUT2D eigenvalue weighted by molar-refractivity contribution is 6.15. The van der Waals surface area contributed by atoms with Crippen LogP contribution in [0.15, 0.2) is 42.5 Å². The van der Waals surface area contributed by atoms with E-state index < -0.39 is 24.0 Å². The standard InChI is InChI=1S/C26H26N2O7/c29-20(17-7-9-21-22(15-17)34-14-13-33-21)8-10-24(31)35-16-23(30)28-19-6-2-1-5-18(19)27-25(32)26(28)11-3-4-12-26/h1-2,5-7,9,15H,3-4,8,10-14,16H2,(H,27,32). The first kappa shape index (κ1) is 22.9. The normalized spacial score (nSPS) is 17.5. The van der Waals surface area contributed by atoms with E-state index in [1.807, 2.05) is 0 Å². The molecule has 2 amide bonds. The number of fused-ring (bicyclic) bond motifs is 2. The average Bonchev–Trinajstić information content (AvgIpc) is 3.36. The molecule has 9 heteroatoms. The van der Waals surface area contributed by atoms with Crippen LogP contribution in [0.25, 0.3) is 0 Å². The summed E-state index contributed by atoms with van der Waals surface area (Å²) < 4.78 is 16.2. The summed E-state index contributed by atoms with van der Waals surface area (Å²) in [5.74, 6) is -0.476. The average molecular weight is 479 g/mol. The molecule has 1 aliphatic carbocycles. The number of esters is 1. The van der Waals surface area contributed by atoms with Gasteiger partial charge in [0.25, 0.3) is 11.8 Å². The number of ketones is 1. The molecule has 0 saturated heterocycles. The lowest BCUT2D eigenvalue weighted by atomic mass is 9.90. The van der Waals surface area contributed by atoms with Crippen molar-refractivity contribution >= 4 is 34.9 Å². The van der Waals surface area contributed by atoms with Crippen LogP contribution in [0.2, 0.25) is 0 Å². The van der Waals surface area contributed by atoms with Crippen molar-refractivity contribution in [2.75, 3.05) is 30.0 Å². The molecule has 0 radical (unpaired) electrons. The Morgan fingerprint density at radius 2 is 1.71 bits per heavy atom. The van der Waals surface area contributed by atoms with E-state index in [-0.39, 0.29) is 24.5 Å². The second kappa shape index (κ2) is 9.40. The van der Waals surface area contributed by atoms with Gasteiger partial charge in [-0.05, 0) is 43.2 Å². The lowest BCUT2D eigenvalue weighted by molar-refractivity contribution is -0.148. The van der Waals surface area contributed by atoms with Crippen LogP contribution in [0.3, 0.4) is 0 Å². The number of anilines is 2. The van der Waals surface area contributed by atoms with Gasteiger partial charge in [0, 0.05) is 12.0 Å². The van der Waals surface area contributed by atoms with Gasteiger partial charge in [0.05, 0.1) is 17.8 Å². The summed E-state index contributed by atoms with van der Waals surface area (Å²) in [6.45, 7) is 0.371. The lowest BCUT2D eigenvalue weighted by Crippen LogP contribution is -2.61. The Balaban J connectivity index is 1.21. The fraction of sp³-hybridized carbons (Fsp3) is 0.385. The molecule has 0 atom stereocenters. The lowest BCUT2D eigenvalue weighted by Gasteiger charge is -2.44. The molecular formula is C26H26N2O7. The highest BCUT2D eigenvalue weighted by Gasteiger charge is 2.52. The topological polar surface area (TPSA) is 111 Å². The smallest absolute Gasteiger partial charge is 0.306 e. The molecule has 1 saturated carbocycles. The number of amides is 2. The molecular weight excluding hydrogens is 452 g/mol. The second-order valence-corrected chi connectivity index (χ2v) is 8.88. The van der Waals surface area contributed by atoms with Gasteiger partial charge in [0.1, 0.15) is 18.8 Å². The summed E-state index contributed by atoms with van der Waals surface area (Å²) in [5, 5.41) is 2.91. The van der Waals surface area contributed by atoms with Gasteiger partial charge in [0.2, 0.25) is 0 Å². The van der Waals surface area contributed by atoms with Crippen molar-refractivity contribution in [3.05, 3.63) is 48.0 Å². The predicted octanol–water partition coefficient (Wildman–Crippen LogP) is 3.26. The number of para-hydroxylation sites is 2. The minimum atomic E-state index is -0.966. The maximum Gasteiger partial charge on any atom is 0.306 e. The molecule has 0 aromatic heterocycles. The zero-order valence-electron chi connectivity index (χ0n) is 19.2. The second-order valence-electron chi connectivity index (χ2n) is 8.88. The number of rotatable bonds is 6. The van der Waals surface area contributed by atoms with Gasteiger partial charge in [-0.3, -0.25) is 24.1 Å². The highest BCUT2D eigenvalue weighted by atomic mass is 16.6. The molecule has 3 aliphatic rings. The molecule has 2 aromatic rings. The zero-order valence-corrected chi connectivity index (χ0v) is 19.2. The van der Waals surface area contributed by atoms with Crippen LogP contribution in [0.1, 0.15) is 48.9 Å². The summed E-state index contributed by atoms with van der Waals surface area (Å²) in [6, 6.07) is 12.0. The van der Waals surface area contributed by atoms with E-state index in [1.165, 1.54) is 4.90 Å². The number of ether oxygens (including phenoxy) is 3. The van der Waals surface area contributed by atoms with Gasteiger partial charge in [-0.1, -0.05) is 25.0 Å². The summed E-state index contributed by atoms with van der Waals surface area (Å²) >= 11 is 0. The first-order valence-electron chi connectivity index (χ1n) is 11.8. The van der Waals surface area contributed by atoms with Crippen LogP contribution in [0.5, 0.6) is 11.5 Å². The molecule has 1 spiro atoms. The number of nitrogens with zero attached hydrogens (tertiary/aromatic N) is 1. The third-order valence-electron chi connectivity index (χ3n) is 6.70. The van der Waals surface area contributed by atoms with Gasteiger partial charge < -0.3 is 19.5 Å². The Bertz CT molecular complexity index is 1190. The summed E-state index contributed by atoms with van der Waals surface area (Å²) in [6.07, 6.45) is 2.55. The van der Waals surface area contributed by atoms with Crippen LogP contribution < -0.4 is 19.7 Å². The van der Waals surface area contributed by atoms with Gasteiger partial charge in [0.15, 0.2) is 23.9 Å². The number of benzene rings is 2. The van der Waals surface area contributed by atoms with Gasteiger partial charge >= 0.3 is 5.97 Å². The van der Waals surface area contributed by atoms with Gasteiger partial charge in [-0.15, -0.1) is 0 Å². The maximum atomic E-state index is 13.2. The molecule has 0 unspecified atom stereocenters. The quantitative estimate of drug-likeness (QED) is 0.501. The largest absolute Gasteiger partial charge is 0.486 e. The summed E-state index contributed by atoms with van der Waals surface area (Å²) in [7, 11) is 0. The van der Waals surface area contributed by atoms with Crippen LogP contribution in [0.4, 0.5) is 11.4 Å². The third kappa shape index (κ3) is 4.34. The van der Waals surface area contributed by atoms with Crippen molar-refractivity contribution in [3.8, 4) is 11.5 Å². The first-order valence-corrected chi connectivity index (χ1v) is 11.8. The van der Waals surface area contributed by atoms with Crippen LogP contribution in [0, 0.1) is 0 Å². The van der Waals surface area contributed by atoms with E-state index in [9.17, 15) is 19.2 Å². The van der Waals surface area contributed by atoms with Crippen LogP contribution in [-0.4, -0.2) is 48.9 Å². The molecule has 9 nitrogen and oxygen atoms in total. The summed E-state index contributed by atoms with van der Waals surface area (Å²) in [4.78, 5) is 52.6. The number of nitrogens with one attached hydrogen (secondary N) is 1. The minimum Gasteiger partial charge on any atom is -0.486 e. The van der Waals surface area contributed by atoms with E-state index in [1.54, 1.807) is 42.5 Å². The van der Waals surface area contributed by atoms with Crippen molar-refractivity contribution < 1.29 is 33.4 Å². The van der Waals surface area contributed by atoms with Crippen LogP contribution in [-0.2, 0) is 19.1 Å². The monoisotopic (exact) mass is 478 g/mol. The predicted molar refractivity (Wildman–Crippen MR) is 126 cm³/mol. The number of hydrogen-bond donors (Lipinski definition) is 1. The van der Waals surface area contributed by atoms with E-state index in [0.717, 1.165) is 12.8 Å². The third-order valence-corrected chi connectivity index (χ3v) is 6.70. The van der Waals surface area contributed by atoms with Crippen molar-refractivity contribution in [1.82, 2.24) is 0 Å². The fourth-order valence-electron chi connectivity index (χ4n) is 4.98. The Morgan fingerprint density at radius 3 is 2.51 bits per heavy atom. The van der Waals surface area contributed by atoms with Crippen molar-refractivity contribution in [3.63, 3.8) is 0 Å². The highest BCUT2D eigenvalue weighted by Crippen LogP contribution is 2.45.